The molecule has 0 aliphatic heterocycles. The summed E-state index contributed by atoms with van der Waals surface area (Å²) in [5, 5.41) is 0. The molecule has 0 aliphatic carbocycles. The van der Waals surface area contributed by atoms with E-state index in [1.807, 2.05) is 13.8 Å². The van der Waals surface area contributed by atoms with Crippen molar-refractivity contribution in [1.82, 2.24) is 9.88 Å². The zero-order valence-electron chi connectivity index (χ0n) is 9.53. The highest BCUT2D eigenvalue weighted by atomic mass is 19.1. The molecule has 0 saturated carbocycles. The molecule has 0 spiro atoms. The van der Waals surface area contributed by atoms with Gasteiger partial charge in [-0.15, -0.1) is 0 Å². The summed E-state index contributed by atoms with van der Waals surface area (Å²) in [7, 11) is 0. The Hall–Kier alpha value is -1.65. The fourth-order valence-electron chi connectivity index (χ4n) is 1.46. The van der Waals surface area contributed by atoms with Gasteiger partial charge in [-0.25, -0.2) is 9.37 Å². The maximum atomic E-state index is 13.0. The van der Waals surface area contributed by atoms with Gasteiger partial charge in [0.05, 0.1) is 11.8 Å². The van der Waals surface area contributed by atoms with E-state index in [1.165, 1.54) is 0 Å². The van der Waals surface area contributed by atoms with Gasteiger partial charge in [-0.1, -0.05) is 6.92 Å². The van der Waals surface area contributed by atoms with Gasteiger partial charge in [0.1, 0.15) is 11.6 Å². The Balaban J connectivity index is 2.98. The third-order valence-corrected chi connectivity index (χ3v) is 2.28. The third kappa shape index (κ3) is 2.68. The van der Waals surface area contributed by atoms with Crippen LogP contribution < -0.4 is 5.73 Å². The van der Waals surface area contributed by atoms with Gasteiger partial charge in [0.25, 0.3) is 5.91 Å². The third-order valence-electron chi connectivity index (χ3n) is 2.28. The molecule has 0 saturated heterocycles. The first-order valence-electron chi connectivity index (χ1n) is 5.30. The second-order valence-electron chi connectivity index (χ2n) is 3.47. The Morgan fingerprint density at radius 3 is 2.81 bits per heavy atom. The summed E-state index contributed by atoms with van der Waals surface area (Å²) in [6.45, 7) is 5.05. The smallest absolute Gasteiger partial charge is 0.257 e. The lowest BCUT2D eigenvalue weighted by molar-refractivity contribution is 0.0764. The SMILES string of the molecule is CCCN(CC)C(=O)c1cc(F)cnc1N. The van der Waals surface area contributed by atoms with Gasteiger partial charge >= 0.3 is 0 Å². The van der Waals surface area contributed by atoms with Crippen molar-refractivity contribution >= 4 is 11.7 Å². The summed E-state index contributed by atoms with van der Waals surface area (Å²) < 4.78 is 13.0. The van der Waals surface area contributed by atoms with E-state index in [1.54, 1.807) is 4.90 Å². The lowest BCUT2D eigenvalue weighted by Crippen LogP contribution is -2.32. The molecule has 88 valence electrons. The standard InChI is InChI=1S/C11H16FN3O/c1-3-5-15(4-2)11(16)9-6-8(12)7-14-10(9)13/h6-7H,3-5H2,1-2H3,(H2,13,14). The van der Waals surface area contributed by atoms with Crippen LogP contribution in [0.1, 0.15) is 30.6 Å². The number of aromatic nitrogens is 1. The largest absolute Gasteiger partial charge is 0.383 e. The Kier molecular flexibility index (Phi) is 4.22. The highest BCUT2D eigenvalue weighted by Gasteiger charge is 2.17. The van der Waals surface area contributed by atoms with E-state index in [-0.39, 0.29) is 17.3 Å². The predicted molar refractivity (Wildman–Crippen MR) is 60.5 cm³/mol. The number of carbonyl (C=O) groups is 1. The molecule has 1 heterocycles. The first-order valence-corrected chi connectivity index (χ1v) is 5.30. The fraction of sp³-hybridized carbons (Fsp3) is 0.455. The molecule has 0 aliphatic rings. The topological polar surface area (TPSA) is 59.2 Å². The molecule has 1 aromatic heterocycles. The van der Waals surface area contributed by atoms with Crippen molar-refractivity contribution in [3.63, 3.8) is 0 Å². The number of hydrogen-bond donors (Lipinski definition) is 1. The molecule has 0 unspecified atom stereocenters. The van der Waals surface area contributed by atoms with Gasteiger partial charge in [-0.3, -0.25) is 4.79 Å². The van der Waals surface area contributed by atoms with E-state index in [9.17, 15) is 9.18 Å². The van der Waals surface area contributed by atoms with Crippen molar-refractivity contribution in [2.24, 2.45) is 0 Å². The van der Waals surface area contributed by atoms with Crippen LogP contribution in [0, 0.1) is 5.82 Å². The molecule has 0 fully saturated rings. The van der Waals surface area contributed by atoms with E-state index in [0.29, 0.717) is 13.1 Å². The molecule has 0 atom stereocenters. The fourth-order valence-corrected chi connectivity index (χ4v) is 1.46. The van der Waals surface area contributed by atoms with Crippen LogP contribution in [-0.2, 0) is 0 Å². The number of carbonyl (C=O) groups excluding carboxylic acids is 1. The Labute approximate surface area is 94.3 Å². The van der Waals surface area contributed by atoms with E-state index >= 15 is 0 Å². The maximum Gasteiger partial charge on any atom is 0.257 e. The average Bonchev–Trinajstić information content (AvgIpc) is 2.28. The number of nitrogens with two attached hydrogens (primary N) is 1. The highest BCUT2D eigenvalue weighted by Crippen LogP contribution is 2.13. The zero-order valence-corrected chi connectivity index (χ0v) is 9.53. The van der Waals surface area contributed by atoms with Gasteiger partial charge in [0.15, 0.2) is 0 Å². The van der Waals surface area contributed by atoms with Crippen LogP contribution in [0.15, 0.2) is 12.3 Å². The van der Waals surface area contributed by atoms with E-state index in [0.717, 1.165) is 18.7 Å². The molecule has 0 bridgehead atoms. The number of pyridine rings is 1. The molecule has 0 aromatic carbocycles. The van der Waals surface area contributed by atoms with Crippen molar-refractivity contribution in [2.75, 3.05) is 18.8 Å². The van der Waals surface area contributed by atoms with Crippen LogP contribution in [0.5, 0.6) is 0 Å². The van der Waals surface area contributed by atoms with Gasteiger partial charge in [-0.05, 0) is 19.4 Å². The van der Waals surface area contributed by atoms with Crippen LogP contribution in [0.2, 0.25) is 0 Å². The van der Waals surface area contributed by atoms with Gasteiger partial charge in [0, 0.05) is 13.1 Å². The molecule has 5 heteroatoms. The summed E-state index contributed by atoms with van der Waals surface area (Å²) in [5.41, 5.74) is 5.69. The number of halogens is 1. The molecular formula is C11H16FN3O. The number of nitrogens with zero attached hydrogens (tertiary/aromatic N) is 2. The first kappa shape index (κ1) is 12.4. The highest BCUT2D eigenvalue weighted by molar-refractivity contribution is 5.98. The number of hydrogen-bond acceptors (Lipinski definition) is 3. The lowest BCUT2D eigenvalue weighted by atomic mass is 10.2. The normalized spacial score (nSPS) is 10.2. The summed E-state index contributed by atoms with van der Waals surface area (Å²) in [5.74, 6) is -0.750. The summed E-state index contributed by atoms with van der Waals surface area (Å²) in [6.07, 6.45) is 1.85. The molecule has 1 aromatic rings. The second kappa shape index (κ2) is 5.44. The predicted octanol–water partition coefficient (Wildman–Crippen LogP) is 1.68. The van der Waals surface area contributed by atoms with Gasteiger partial charge in [-0.2, -0.15) is 0 Å². The van der Waals surface area contributed by atoms with Gasteiger partial charge < -0.3 is 10.6 Å². The van der Waals surface area contributed by atoms with E-state index < -0.39 is 5.82 Å². The average molecular weight is 225 g/mol. The van der Waals surface area contributed by atoms with Crippen LogP contribution in [-0.4, -0.2) is 28.9 Å². The molecule has 1 rings (SSSR count). The minimum atomic E-state index is -0.551. The van der Waals surface area contributed by atoms with Crippen LogP contribution in [0.3, 0.4) is 0 Å². The van der Waals surface area contributed by atoms with Crippen LogP contribution in [0.25, 0.3) is 0 Å². The minimum Gasteiger partial charge on any atom is -0.383 e. The zero-order chi connectivity index (χ0) is 12.1. The molecule has 1 amide bonds. The van der Waals surface area contributed by atoms with Gasteiger partial charge in [0.2, 0.25) is 0 Å². The number of rotatable bonds is 4. The maximum absolute atomic E-state index is 13.0. The lowest BCUT2D eigenvalue weighted by Gasteiger charge is -2.20. The van der Waals surface area contributed by atoms with E-state index in [4.69, 9.17) is 5.73 Å². The summed E-state index contributed by atoms with van der Waals surface area (Å²) in [6, 6.07) is 1.13. The summed E-state index contributed by atoms with van der Waals surface area (Å²) in [4.78, 5) is 17.2. The van der Waals surface area contributed by atoms with Crippen molar-refractivity contribution in [1.29, 1.82) is 0 Å². The van der Waals surface area contributed by atoms with Crippen molar-refractivity contribution in [3.05, 3.63) is 23.6 Å². The Bertz CT molecular complexity index is 381. The van der Waals surface area contributed by atoms with Crippen LogP contribution >= 0.6 is 0 Å². The Morgan fingerprint density at radius 1 is 1.56 bits per heavy atom. The molecular weight excluding hydrogens is 209 g/mol. The van der Waals surface area contributed by atoms with E-state index in [2.05, 4.69) is 4.98 Å². The molecule has 2 N–H and O–H groups in total. The minimum absolute atomic E-state index is 0.0703. The molecule has 16 heavy (non-hydrogen) atoms. The number of nitrogen functional groups attached to an aromatic ring is 1. The second-order valence-corrected chi connectivity index (χ2v) is 3.47. The van der Waals surface area contributed by atoms with Crippen LogP contribution in [0.4, 0.5) is 10.2 Å². The number of amides is 1. The molecule has 0 radical (unpaired) electrons. The first-order chi connectivity index (χ1) is 7.60. The van der Waals surface area contributed by atoms with Crippen molar-refractivity contribution < 1.29 is 9.18 Å². The summed E-state index contributed by atoms with van der Waals surface area (Å²) >= 11 is 0. The van der Waals surface area contributed by atoms with Crippen molar-refractivity contribution in [3.8, 4) is 0 Å². The van der Waals surface area contributed by atoms with Crippen molar-refractivity contribution in [2.45, 2.75) is 20.3 Å². The molecule has 4 nitrogen and oxygen atoms in total. The Morgan fingerprint density at radius 2 is 2.25 bits per heavy atom. The quantitative estimate of drug-likeness (QED) is 0.848. The monoisotopic (exact) mass is 225 g/mol. The number of anilines is 1.